The predicted octanol–water partition coefficient (Wildman–Crippen LogP) is 3.62. The Labute approximate surface area is 121 Å². The van der Waals surface area contributed by atoms with Crippen LogP contribution in [0.25, 0.3) is 0 Å². The first-order valence-corrected chi connectivity index (χ1v) is 6.68. The van der Waals surface area contributed by atoms with Gasteiger partial charge in [0.25, 0.3) is 0 Å². The average Bonchev–Trinajstić information content (AvgIpc) is 2.38. The number of hydrogen-bond acceptors (Lipinski definition) is 2. The van der Waals surface area contributed by atoms with Gasteiger partial charge in [-0.2, -0.15) is 0 Å². The Balaban J connectivity index is 2.04. The van der Waals surface area contributed by atoms with E-state index < -0.39 is 0 Å². The average molecular weight is 319 g/mol. The number of aryl methyl sites for hydroxylation is 1. The molecule has 0 aromatic heterocycles. The number of halogens is 1. The molecule has 0 unspecified atom stereocenters. The van der Waals surface area contributed by atoms with Gasteiger partial charge in [-0.15, -0.1) is 0 Å². The SMILES string of the molecule is Cc1ccc(OCc2ccc(C(=N)N)cc2)c(Br)c1. The van der Waals surface area contributed by atoms with Gasteiger partial charge < -0.3 is 10.5 Å². The van der Waals surface area contributed by atoms with Crippen LogP contribution in [0, 0.1) is 12.3 Å². The van der Waals surface area contributed by atoms with E-state index in [1.165, 1.54) is 5.56 Å². The van der Waals surface area contributed by atoms with Crippen molar-refractivity contribution in [2.75, 3.05) is 0 Å². The van der Waals surface area contributed by atoms with E-state index in [9.17, 15) is 0 Å². The van der Waals surface area contributed by atoms with Crippen LogP contribution < -0.4 is 10.5 Å². The van der Waals surface area contributed by atoms with Crippen LogP contribution in [0.3, 0.4) is 0 Å². The third-order valence-corrected chi connectivity index (χ3v) is 3.37. The van der Waals surface area contributed by atoms with E-state index in [0.29, 0.717) is 6.61 Å². The van der Waals surface area contributed by atoms with Gasteiger partial charge in [0.05, 0.1) is 4.47 Å². The molecule has 19 heavy (non-hydrogen) atoms. The zero-order chi connectivity index (χ0) is 13.8. The van der Waals surface area contributed by atoms with Crippen molar-refractivity contribution in [2.24, 2.45) is 5.73 Å². The maximum absolute atomic E-state index is 7.33. The molecule has 0 saturated carbocycles. The Hall–Kier alpha value is -1.81. The van der Waals surface area contributed by atoms with E-state index in [0.717, 1.165) is 21.3 Å². The molecule has 0 amide bonds. The molecule has 2 aromatic rings. The molecule has 3 N–H and O–H groups in total. The van der Waals surface area contributed by atoms with Crippen LogP contribution in [0.1, 0.15) is 16.7 Å². The fourth-order valence-corrected chi connectivity index (χ4v) is 2.27. The van der Waals surface area contributed by atoms with E-state index in [1.807, 2.05) is 49.4 Å². The van der Waals surface area contributed by atoms with Crippen LogP contribution >= 0.6 is 15.9 Å². The lowest BCUT2D eigenvalue weighted by Gasteiger charge is -2.09. The van der Waals surface area contributed by atoms with Gasteiger partial charge in [-0.05, 0) is 46.1 Å². The molecule has 0 bridgehead atoms. The highest BCUT2D eigenvalue weighted by atomic mass is 79.9. The standard InChI is InChI=1S/C15H15BrN2O/c1-10-2-7-14(13(16)8-10)19-9-11-3-5-12(6-4-11)15(17)18/h2-8H,9H2,1H3,(H3,17,18). The fourth-order valence-electron chi connectivity index (χ4n) is 1.66. The summed E-state index contributed by atoms with van der Waals surface area (Å²) in [5.74, 6) is 0.898. The highest BCUT2D eigenvalue weighted by molar-refractivity contribution is 9.10. The van der Waals surface area contributed by atoms with Crippen LogP contribution in [0.2, 0.25) is 0 Å². The summed E-state index contributed by atoms with van der Waals surface area (Å²) < 4.78 is 6.70. The van der Waals surface area contributed by atoms with Crippen molar-refractivity contribution in [1.82, 2.24) is 0 Å². The first-order chi connectivity index (χ1) is 9.06. The number of benzene rings is 2. The van der Waals surface area contributed by atoms with Crippen molar-refractivity contribution in [2.45, 2.75) is 13.5 Å². The van der Waals surface area contributed by atoms with E-state index in [4.69, 9.17) is 15.9 Å². The minimum absolute atomic E-state index is 0.0775. The summed E-state index contributed by atoms with van der Waals surface area (Å²) in [6.45, 7) is 2.52. The van der Waals surface area contributed by atoms with Crippen molar-refractivity contribution in [1.29, 1.82) is 5.41 Å². The Morgan fingerprint density at radius 1 is 1.21 bits per heavy atom. The Kier molecular flexibility index (Phi) is 4.22. The third-order valence-electron chi connectivity index (χ3n) is 2.75. The molecule has 0 spiro atoms. The summed E-state index contributed by atoms with van der Waals surface area (Å²) in [6, 6.07) is 13.5. The lowest BCUT2D eigenvalue weighted by atomic mass is 10.1. The van der Waals surface area contributed by atoms with Crippen LogP contribution in [-0.4, -0.2) is 5.84 Å². The molecule has 0 aliphatic rings. The summed E-state index contributed by atoms with van der Waals surface area (Å²) in [5, 5.41) is 7.33. The second kappa shape index (κ2) is 5.89. The molecular formula is C15H15BrN2O. The van der Waals surface area contributed by atoms with Gasteiger partial charge in [-0.25, -0.2) is 0 Å². The quantitative estimate of drug-likeness (QED) is 0.668. The lowest BCUT2D eigenvalue weighted by molar-refractivity contribution is 0.304. The Bertz CT molecular complexity index is 594. The van der Waals surface area contributed by atoms with Gasteiger partial charge in [0.1, 0.15) is 18.2 Å². The third kappa shape index (κ3) is 3.58. The van der Waals surface area contributed by atoms with Gasteiger partial charge in [0.2, 0.25) is 0 Å². The monoisotopic (exact) mass is 318 g/mol. The minimum Gasteiger partial charge on any atom is -0.488 e. The molecule has 2 rings (SSSR count). The molecule has 0 saturated heterocycles. The van der Waals surface area contributed by atoms with Crippen molar-refractivity contribution < 1.29 is 4.74 Å². The number of hydrogen-bond donors (Lipinski definition) is 2. The zero-order valence-corrected chi connectivity index (χ0v) is 12.2. The Morgan fingerprint density at radius 2 is 1.89 bits per heavy atom. The van der Waals surface area contributed by atoms with Gasteiger partial charge in [-0.1, -0.05) is 30.3 Å². The molecule has 3 nitrogen and oxygen atoms in total. The van der Waals surface area contributed by atoms with Gasteiger partial charge in [-0.3, -0.25) is 5.41 Å². The first-order valence-electron chi connectivity index (χ1n) is 5.88. The van der Waals surface area contributed by atoms with Crippen molar-refractivity contribution in [3.63, 3.8) is 0 Å². The molecule has 98 valence electrons. The highest BCUT2D eigenvalue weighted by Crippen LogP contribution is 2.26. The normalized spacial score (nSPS) is 10.2. The van der Waals surface area contributed by atoms with E-state index in [2.05, 4.69) is 15.9 Å². The number of nitrogen functional groups attached to an aromatic ring is 1. The summed E-state index contributed by atoms with van der Waals surface area (Å²) in [4.78, 5) is 0. The number of amidine groups is 1. The van der Waals surface area contributed by atoms with Crippen molar-refractivity contribution >= 4 is 21.8 Å². The molecule has 0 aliphatic carbocycles. The zero-order valence-electron chi connectivity index (χ0n) is 10.6. The molecular weight excluding hydrogens is 304 g/mol. The van der Waals surface area contributed by atoms with Gasteiger partial charge >= 0.3 is 0 Å². The fraction of sp³-hybridized carbons (Fsp3) is 0.133. The molecule has 0 aliphatic heterocycles. The number of rotatable bonds is 4. The molecule has 0 radical (unpaired) electrons. The highest BCUT2D eigenvalue weighted by Gasteiger charge is 2.02. The summed E-state index contributed by atoms with van der Waals surface area (Å²) in [5.41, 5.74) is 8.36. The van der Waals surface area contributed by atoms with Gasteiger partial charge in [0.15, 0.2) is 0 Å². The smallest absolute Gasteiger partial charge is 0.134 e. The van der Waals surface area contributed by atoms with Crippen LogP contribution in [0.4, 0.5) is 0 Å². The van der Waals surface area contributed by atoms with E-state index in [1.54, 1.807) is 0 Å². The molecule has 0 atom stereocenters. The molecule has 0 heterocycles. The minimum atomic E-state index is 0.0775. The van der Waals surface area contributed by atoms with Crippen LogP contribution in [0.5, 0.6) is 5.75 Å². The topological polar surface area (TPSA) is 59.1 Å². The summed E-state index contributed by atoms with van der Waals surface area (Å²) >= 11 is 3.48. The van der Waals surface area contributed by atoms with E-state index >= 15 is 0 Å². The maximum atomic E-state index is 7.33. The van der Waals surface area contributed by atoms with Gasteiger partial charge in [0, 0.05) is 5.56 Å². The largest absolute Gasteiger partial charge is 0.488 e. The second-order valence-electron chi connectivity index (χ2n) is 4.33. The summed E-state index contributed by atoms with van der Waals surface area (Å²) in [7, 11) is 0. The van der Waals surface area contributed by atoms with Crippen LogP contribution in [0.15, 0.2) is 46.9 Å². The number of nitrogens with two attached hydrogens (primary N) is 1. The first kappa shape index (κ1) is 13.6. The Morgan fingerprint density at radius 3 is 2.47 bits per heavy atom. The number of nitrogens with one attached hydrogen (secondary N) is 1. The maximum Gasteiger partial charge on any atom is 0.134 e. The molecule has 0 fully saturated rings. The molecule has 4 heteroatoms. The lowest BCUT2D eigenvalue weighted by Crippen LogP contribution is -2.10. The predicted molar refractivity (Wildman–Crippen MR) is 80.7 cm³/mol. The second-order valence-corrected chi connectivity index (χ2v) is 5.19. The van der Waals surface area contributed by atoms with Crippen molar-refractivity contribution in [3.8, 4) is 5.75 Å². The number of ether oxygens (including phenoxy) is 1. The van der Waals surface area contributed by atoms with E-state index in [-0.39, 0.29) is 5.84 Å². The summed E-state index contributed by atoms with van der Waals surface area (Å²) in [6.07, 6.45) is 0. The van der Waals surface area contributed by atoms with Crippen LogP contribution in [-0.2, 0) is 6.61 Å². The molecule has 2 aromatic carbocycles. The van der Waals surface area contributed by atoms with Crippen molar-refractivity contribution in [3.05, 3.63) is 63.6 Å².